The number of nitrogens with zero attached hydrogens (tertiary/aromatic N) is 4. The maximum absolute atomic E-state index is 12.7. The van der Waals surface area contributed by atoms with Crippen LogP contribution in [-0.2, 0) is 17.9 Å². The topological polar surface area (TPSA) is 102 Å². The molecule has 0 spiro atoms. The molecule has 1 aromatic carbocycles. The van der Waals surface area contributed by atoms with Crippen LogP contribution in [0, 0.1) is 0 Å². The van der Waals surface area contributed by atoms with Crippen LogP contribution in [0.5, 0.6) is 0 Å². The molecule has 0 radical (unpaired) electrons. The second kappa shape index (κ2) is 10.7. The molecule has 1 saturated heterocycles. The van der Waals surface area contributed by atoms with Crippen molar-refractivity contribution in [3.63, 3.8) is 0 Å². The number of anilines is 1. The molecular formula is C24H33N7O2. The summed E-state index contributed by atoms with van der Waals surface area (Å²) in [6, 6.07) is 10.6. The number of carbonyl (C=O) groups excluding carboxylic acids is 2. The zero-order chi connectivity index (χ0) is 23.2. The Kier molecular flexibility index (Phi) is 7.51. The van der Waals surface area contributed by atoms with Gasteiger partial charge in [0.25, 0.3) is 5.91 Å². The van der Waals surface area contributed by atoms with Gasteiger partial charge in [-0.25, -0.2) is 9.97 Å². The Labute approximate surface area is 195 Å². The first kappa shape index (κ1) is 23.1. The number of hydrogen-bond acceptors (Lipinski definition) is 7. The maximum Gasteiger partial charge on any atom is 0.270 e. The van der Waals surface area contributed by atoms with Gasteiger partial charge in [-0.05, 0) is 31.0 Å². The fourth-order valence-corrected chi connectivity index (χ4v) is 4.52. The minimum absolute atomic E-state index is 0.114. The van der Waals surface area contributed by atoms with Gasteiger partial charge >= 0.3 is 0 Å². The van der Waals surface area contributed by atoms with E-state index in [1.54, 1.807) is 13.0 Å². The van der Waals surface area contributed by atoms with E-state index in [2.05, 4.69) is 55.1 Å². The largest absolute Gasteiger partial charge is 0.367 e. The van der Waals surface area contributed by atoms with Crippen LogP contribution in [0.2, 0.25) is 0 Å². The minimum Gasteiger partial charge on any atom is -0.367 e. The normalized spacial score (nSPS) is 17.5. The average molecular weight is 452 g/mol. The predicted octanol–water partition coefficient (Wildman–Crippen LogP) is 1.23. The second-order valence-corrected chi connectivity index (χ2v) is 8.85. The predicted molar refractivity (Wildman–Crippen MR) is 127 cm³/mol. The smallest absolute Gasteiger partial charge is 0.270 e. The van der Waals surface area contributed by atoms with Gasteiger partial charge in [0.2, 0.25) is 5.91 Å². The number of fused-ring (bicyclic) bond motifs is 1. The first-order valence-corrected chi connectivity index (χ1v) is 11.6. The molecule has 0 unspecified atom stereocenters. The number of benzene rings is 1. The van der Waals surface area contributed by atoms with Crippen LogP contribution in [-0.4, -0.2) is 76.9 Å². The summed E-state index contributed by atoms with van der Waals surface area (Å²) in [7, 11) is 1.92. The number of amides is 2. The van der Waals surface area contributed by atoms with Crippen molar-refractivity contribution in [2.75, 3.05) is 38.5 Å². The second-order valence-electron chi connectivity index (χ2n) is 8.85. The zero-order valence-corrected chi connectivity index (χ0v) is 19.4. The third-order valence-electron chi connectivity index (χ3n) is 6.49. The molecule has 0 saturated carbocycles. The van der Waals surface area contributed by atoms with Crippen molar-refractivity contribution in [2.24, 2.45) is 0 Å². The molecule has 3 heterocycles. The molecule has 2 aliphatic rings. The SMILES string of the molecule is CN[C@@H](CNC(=O)c1cc(NC2CCN(C(C)=O)CC2)ncn1)CN1Cc2ccccc2C1. The monoisotopic (exact) mass is 451 g/mol. The highest BCUT2D eigenvalue weighted by molar-refractivity contribution is 5.92. The summed E-state index contributed by atoms with van der Waals surface area (Å²) < 4.78 is 0. The highest BCUT2D eigenvalue weighted by Gasteiger charge is 2.23. The van der Waals surface area contributed by atoms with Gasteiger partial charge in [-0.15, -0.1) is 0 Å². The first-order valence-electron chi connectivity index (χ1n) is 11.6. The van der Waals surface area contributed by atoms with Gasteiger partial charge in [0, 0.05) is 64.3 Å². The Morgan fingerprint density at radius 3 is 2.45 bits per heavy atom. The molecule has 9 nitrogen and oxygen atoms in total. The van der Waals surface area contributed by atoms with E-state index in [0.717, 1.165) is 45.6 Å². The highest BCUT2D eigenvalue weighted by atomic mass is 16.2. The lowest BCUT2D eigenvalue weighted by Crippen LogP contribution is -2.45. The van der Waals surface area contributed by atoms with Crippen LogP contribution in [0.4, 0.5) is 5.82 Å². The van der Waals surface area contributed by atoms with Crippen molar-refractivity contribution < 1.29 is 9.59 Å². The van der Waals surface area contributed by atoms with Crippen molar-refractivity contribution in [3.8, 4) is 0 Å². The lowest BCUT2D eigenvalue weighted by molar-refractivity contribution is -0.129. The molecule has 4 rings (SSSR count). The number of carbonyl (C=O) groups is 2. The minimum atomic E-state index is -0.211. The summed E-state index contributed by atoms with van der Waals surface area (Å²) in [4.78, 5) is 36.9. The molecule has 3 N–H and O–H groups in total. The van der Waals surface area contributed by atoms with E-state index >= 15 is 0 Å². The molecule has 33 heavy (non-hydrogen) atoms. The summed E-state index contributed by atoms with van der Waals surface area (Å²) >= 11 is 0. The fourth-order valence-electron chi connectivity index (χ4n) is 4.52. The molecule has 0 bridgehead atoms. The lowest BCUT2D eigenvalue weighted by Gasteiger charge is -2.31. The lowest BCUT2D eigenvalue weighted by atomic mass is 10.1. The molecule has 2 aromatic rings. The van der Waals surface area contributed by atoms with Gasteiger partial charge in [-0.1, -0.05) is 24.3 Å². The molecule has 2 aliphatic heterocycles. The number of likely N-dealkylation sites (tertiary alicyclic amines) is 1. The van der Waals surface area contributed by atoms with Crippen molar-refractivity contribution in [1.82, 2.24) is 30.4 Å². The number of aromatic nitrogens is 2. The number of likely N-dealkylation sites (N-methyl/N-ethyl adjacent to an activating group) is 1. The van der Waals surface area contributed by atoms with E-state index in [-0.39, 0.29) is 23.9 Å². The van der Waals surface area contributed by atoms with E-state index in [4.69, 9.17) is 0 Å². The summed E-state index contributed by atoms with van der Waals surface area (Å²) in [6.07, 6.45) is 3.13. The van der Waals surface area contributed by atoms with Crippen LogP contribution < -0.4 is 16.0 Å². The summed E-state index contributed by atoms with van der Waals surface area (Å²) in [5, 5.41) is 9.69. The van der Waals surface area contributed by atoms with E-state index in [9.17, 15) is 9.59 Å². The van der Waals surface area contributed by atoms with Crippen molar-refractivity contribution in [3.05, 3.63) is 53.5 Å². The Hall–Kier alpha value is -3.04. The van der Waals surface area contributed by atoms with Crippen molar-refractivity contribution >= 4 is 17.6 Å². The van der Waals surface area contributed by atoms with Gasteiger partial charge in [0.1, 0.15) is 17.8 Å². The fraction of sp³-hybridized carbons (Fsp3) is 0.500. The molecule has 2 amide bonds. The van der Waals surface area contributed by atoms with Gasteiger partial charge in [-0.3, -0.25) is 14.5 Å². The summed E-state index contributed by atoms with van der Waals surface area (Å²) in [5.74, 6) is 0.539. The third kappa shape index (κ3) is 6.06. The van der Waals surface area contributed by atoms with Crippen LogP contribution >= 0.6 is 0 Å². The average Bonchev–Trinajstić information content (AvgIpc) is 3.24. The summed E-state index contributed by atoms with van der Waals surface area (Å²) in [6.45, 7) is 6.31. The van der Waals surface area contributed by atoms with Crippen molar-refractivity contribution in [2.45, 2.75) is 44.9 Å². The quantitative estimate of drug-likeness (QED) is 0.555. The van der Waals surface area contributed by atoms with E-state index in [0.29, 0.717) is 18.1 Å². The maximum atomic E-state index is 12.7. The van der Waals surface area contributed by atoms with Crippen LogP contribution in [0.15, 0.2) is 36.7 Å². The first-order chi connectivity index (χ1) is 16.0. The summed E-state index contributed by atoms with van der Waals surface area (Å²) in [5.41, 5.74) is 3.10. The molecule has 9 heteroatoms. The van der Waals surface area contributed by atoms with Gasteiger partial charge in [0.15, 0.2) is 0 Å². The van der Waals surface area contributed by atoms with E-state index in [1.807, 2.05) is 11.9 Å². The molecule has 176 valence electrons. The van der Waals surface area contributed by atoms with E-state index in [1.165, 1.54) is 17.5 Å². The number of piperidine rings is 1. The molecule has 1 aromatic heterocycles. The molecule has 1 atom stereocenters. The Morgan fingerprint density at radius 1 is 1.12 bits per heavy atom. The Bertz CT molecular complexity index is 950. The van der Waals surface area contributed by atoms with Crippen molar-refractivity contribution in [1.29, 1.82) is 0 Å². The van der Waals surface area contributed by atoms with Crippen LogP contribution in [0.1, 0.15) is 41.4 Å². The highest BCUT2D eigenvalue weighted by Crippen LogP contribution is 2.22. The Balaban J connectivity index is 1.25. The Morgan fingerprint density at radius 2 is 1.82 bits per heavy atom. The molecule has 0 aliphatic carbocycles. The van der Waals surface area contributed by atoms with Crippen LogP contribution in [0.3, 0.4) is 0 Å². The van der Waals surface area contributed by atoms with Gasteiger partial charge < -0.3 is 20.9 Å². The number of rotatable bonds is 8. The third-order valence-corrected chi connectivity index (χ3v) is 6.49. The molecule has 1 fully saturated rings. The van der Waals surface area contributed by atoms with Crippen LogP contribution in [0.25, 0.3) is 0 Å². The van der Waals surface area contributed by atoms with E-state index < -0.39 is 0 Å². The zero-order valence-electron chi connectivity index (χ0n) is 19.4. The number of hydrogen-bond donors (Lipinski definition) is 3. The molecular weight excluding hydrogens is 418 g/mol. The van der Waals surface area contributed by atoms with Gasteiger partial charge in [-0.2, -0.15) is 0 Å². The standard InChI is InChI=1S/C24H33N7O2/c1-17(32)31-9-7-20(8-10-31)29-23-11-22(27-16-28-23)24(33)26-12-21(25-2)15-30-13-18-5-3-4-6-19(18)14-30/h3-6,11,16,20-21,25H,7-10,12-15H2,1-2H3,(H,26,33)(H,27,28,29)/t21-/m0/s1. The van der Waals surface area contributed by atoms with Gasteiger partial charge in [0.05, 0.1) is 0 Å². The number of nitrogens with one attached hydrogen (secondary N) is 3.